The minimum absolute atomic E-state index is 0.564. The van der Waals surface area contributed by atoms with Crippen LogP contribution in [0.25, 0.3) is 0 Å². The number of carbonyl (C=O) groups excluding carboxylic acids is 1. The largest absolute Gasteiger partial charge is 0.490 e. The fourth-order valence-electron chi connectivity index (χ4n) is 0.578. The third-order valence-electron chi connectivity index (χ3n) is 1.19. The first-order chi connectivity index (χ1) is 7.73. The number of halogens is 3. The molecule has 4 N–H and O–H groups in total. The second kappa shape index (κ2) is 6.30. The molecule has 0 unspecified atom stereocenters. The van der Waals surface area contributed by atoms with E-state index in [0.29, 0.717) is 5.69 Å². The molecule has 1 heterocycles. The number of alkyl halides is 3. The molecular weight excluding hydrogens is 243 g/mol. The number of carboxylic acids is 1. The lowest BCUT2D eigenvalue weighted by atomic mass is 10.4. The maximum atomic E-state index is 10.6. The van der Waals surface area contributed by atoms with Crippen LogP contribution in [0.4, 0.5) is 23.7 Å². The van der Waals surface area contributed by atoms with Crippen LogP contribution in [-0.4, -0.2) is 28.3 Å². The van der Waals surface area contributed by atoms with Gasteiger partial charge in [-0.3, -0.25) is 4.98 Å². The Morgan fingerprint density at radius 3 is 2.00 bits per heavy atom. The number of aromatic nitrogens is 1. The van der Waals surface area contributed by atoms with Gasteiger partial charge in [0.1, 0.15) is 0 Å². The van der Waals surface area contributed by atoms with Crippen molar-refractivity contribution in [2.75, 3.05) is 5.32 Å². The van der Waals surface area contributed by atoms with E-state index in [1.165, 1.54) is 0 Å². The van der Waals surface area contributed by atoms with E-state index in [2.05, 4.69) is 10.3 Å². The smallest absolute Gasteiger partial charge is 0.475 e. The van der Waals surface area contributed by atoms with Crippen LogP contribution in [0.1, 0.15) is 0 Å². The van der Waals surface area contributed by atoms with E-state index < -0.39 is 18.2 Å². The molecule has 0 saturated carbocycles. The zero-order valence-corrected chi connectivity index (χ0v) is 8.23. The Bertz CT molecular complexity index is 381. The maximum Gasteiger partial charge on any atom is 0.490 e. The van der Waals surface area contributed by atoms with Crippen molar-refractivity contribution in [3.8, 4) is 0 Å². The van der Waals surface area contributed by atoms with Crippen LogP contribution >= 0.6 is 0 Å². The van der Waals surface area contributed by atoms with Gasteiger partial charge in [0, 0.05) is 18.1 Å². The standard InChI is InChI=1S/C6H7N3O.C2HF3O2/c7-6(10)9-5-1-3-8-4-2-5;3-2(4,5)1(6)7/h1-4H,(H3,7,8,9,10);(H,6,7). The Balaban J connectivity index is 0.000000325. The van der Waals surface area contributed by atoms with Crippen molar-refractivity contribution in [2.24, 2.45) is 5.73 Å². The average molecular weight is 251 g/mol. The number of nitrogens with one attached hydrogen (secondary N) is 1. The van der Waals surface area contributed by atoms with Crippen molar-refractivity contribution in [2.45, 2.75) is 6.18 Å². The van der Waals surface area contributed by atoms with Crippen molar-refractivity contribution in [1.29, 1.82) is 0 Å². The second-order valence-electron chi connectivity index (χ2n) is 2.53. The van der Waals surface area contributed by atoms with E-state index in [9.17, 15) is 18.0 Å². The molecule has 0 atom stereocenters. The van der Waals surface area contributed by atoms with E-state index in [1.807, 2.05) is 0 Å². The van der Waals surface area contributed by atoms with Gasteiger partial charge in [0.05, 0.1) is 0 Å². The number of anilines is 1. The lowest BCUT2D eigenvalue weighted by molar-refractivity contribution is -0.192. The first-order valence-corrected chi connectivity index (χ1v) is 4.00. The summed E-state index contributed by atoms with van der Waals surface area (Å²) in [5.74, 6) is -2.76. The zero-order valence-electron chi connectivity index (χ0n) is 8.23. The first kappa shape index (κ1) is 14.7. The van der Waals surface area contributed by atoms with Crippen LogP contribution in [0.15, 0.2) is 24.5 Å². The minimum atomic E-state index is -5.08. The van der Waals surface area contributed by atoms with Crippen LogP contribution < -0.4 is 11.1 Å². The Morgan fingerprint density at radius 1 is 1.29 bits per heavy atom. The van der Waals surface area contributed by atoms with E-state index in [-0.39, 0.29) is 0 Å². The third kappa shape index (κ3) is 7.59. The molecule has 0 fully saturated rings. The molecule has 0 aromatic carbocycles. The molecule has 6 nitrogen and oxygen atoms in total. The van der Waals surface area contributed by atoms with E-state index in [1.54, 1.807) is 24.5 Å². The van der Waals surface area contributed by atoms with Gasteiger partial charge in [-0.05, 0) is 12.1 Å². The van der Waals surface area contributed by atoms with Crippen LogP contribution in [0, 0.1) is 0 Å². The van der Waals surface area contributed by atoms with Crippen LogP contribution in [-0.2, 0) is 4.79 Å². The van der Waals surface area contributed by atoms with Crippen molar-refractivity contribution in [1.82, 2.24) is 4.98 Å². The number of pyridine rings is 1. The summed E-state index contributed by atoms with van der Waals surface area (Å²) < 4.78 is 31.7. The highest BCUT2D eigenvalue weighted by atomic mass is 19.4. The van der Waals surface area contributed by atoms with Gasteiger partial charge in [-0.15, -0.1) is 0 Å². The molecule has 17 heavy (non-hydrogen) atoms. The summed E-state index contributed by atoms with van der Waals surface area (Å²) in [4.78, 5) is 22.9. The number of carbonyl (C=O) groups is 2. The quantitative estimate of drug-likeness (QED) is 0.697. The predicted octanol–water partition coefficient (Wildman–Crippen LogP) is 1.21. The molecule has 0 aliphatic carbocycles. The van der Waals surface area contributed by atoms with E-state index in [0.717, 1.165) is 0 Å². The molecule has 0 spiro atoms. The first-order valence-electron chi connectivity index (χ1n) is 4.00. The van der Waals surface area contributed by atoms with Gasteiger partial charge in [-0.25, -0.2) is 9.59 Å². The summed E-state index contributed by atoms with van der Waals surface area (Å²) in [6, 6.07) is 2.75. The second-order valence-corrected chi connectivity index (χ2v) is 2.53. The molecule has 1 rings (SSSR count). The number of urea groups is 1. The molecule has 2 amide bonds. The van der Waals surface area contributed by atoms with Crippen molar-refractivity contribution in [3.63, 3.8) is 0 Å². The molecule has 0 aliphatic heterocycles. The van der Waals surface area contributed by atoms with Crippen LogP contribution in [0.5, 0.6) is 0 Å². The van der Waals surface area contributed by atoms with Gasteiger partial charge in [-0.2, -0.15) is 13.2 Å². The van der Waals surface area contributed by atoms with Crippen molar-refractivity contribution in [3.05, 3.63) is 24.5 Å². The SMILES string of the molecule is NC(=O)Nc1ccncc1.O=C(O)C(F)(F)F. The third-order valence-corrected chi connectivity index (χ3v) is 1.19. The summed E-state index contributed by atoms with van der Waals surface area (Å²) >= 11 is 0. The molecule has 9 heteroatoms. The number of carboxylic acid groups (broad SMARTS) is 1. The number of aliphatic carboxylic acids is 1. The Labute approximate surface area is 93.3 Å². The molecule has 0 aliphatic rings. The number of rotatable bonds is 1. The molecule has 94 valence electrons. The van der Waals surface area contributed by atoms with Gasteiger partial charge in [-0.1, -0.05) is 0 Å². The van der Waals surface area contributed by atoms with Crippen LogP contribution in [0.3, 0.4) is 0 Å². The number of nitrogens with two attached hydrogens (primary N) is 1. The fraction of sp³-hybridized carbons (Fsp3) is 0.125. The number of hydrogen-bond donors (Lipinski definition) is 3. The van der Waals surface area contributed by atoms with Gasteiger partial charge in [0.15, 0.2) is 0 Å². The number of nitrogens with zero attached hydrogens (tertiary/aromatic N) is 1. The normalized spacial score (nSPS) is 9.82. The molecule has 0 saturated heterocycles. The van der Waals surface area contributed by atoms with Gasteiger partial charge in [0.25, 0.3) is 0 Å². The maximum absolute atomic E-state index is 10.6. The summed E-state index contributed by atoms with van der Waals surface area (Å²) in [6.07, 6.45) is -1.93. The molecule has 1 aromatic rings. The topological polar surface area (TPSA) is 105 Å². The predicted molar refractivity (Wildman–Crippen MR) is 51.1 cm³/mol. The fourth-order valence-corrected chi connectivity index (χ4v) is 0.578. The van der Waals surface area contributed by atoms with E-state index >= 15 is 0 Å². The lowest BCUT2D eigenvalue weighted by Gasteiger charge is -1.97. The molecule has 1 aromatic heterocycles. The number of amides is 2. The monoisotopic (exact) mass is 251 g/mol. The summed E-state index contributed by atoms with van der Waals surface area (Å²) in [5, 5.41) is 9.53. The molecule has 0 radical (unpaired) electrons. The van der Waals surface area contributed by atoms with Gasteiger partial charge >= 0.3 is 18.2 Å². The Morgan fingerprint density at radius 2 is 1.71 bits per heavy atom. The van der Waals surface area contributed by atoms with Gasteiger partial charge < -0.3 is 16.2 Å². The zero-order chi connectivity index (χ0) is 13.5. The van der Waals surface area contributed by atoms with Crippen molar-refractivity contribution < 1.29 is 27.9 Å². The highest BCUT2D eigenvalue weighted by Gasteiger charge is 2.38. The number of primary amides is 1. The van der Waals surface area contributed by atoms with Crippen LogP contribution in [0.2, 0.25) is 0 Å². The average Bonchev–Trinajstić information content (AvgIpc) is 2.17. The highest BCUT2D eigenvalue weighted by Crippen LogP contribution is 2.13. The number of hydrogen-bond acceptors (Lipinski definition) is 3. The summed E-state index contributed by atoms with van der Waals surface area (Å²) in [7, 11) is 0. The molecular formula is C8H8F3N3O3. The van der Waals surface area contributed by atoms with Crippen molar-refractivity contribution >= 4 is 17.7 Å². The minimum Gasteiger partial charge on any atom is -0.475 e. The Hall–Kier alpha value is -2.32. The van der Waals surface area contributed by atoms with E-state index in [4.69, 9.17) is 15.6 Å². The summed E-state index contributed by atoms with van der Waals surface area (Å²) in [6.45, 7) is 0. The molecule has 0 bridgehead atoms. The van der Waals surface area contributed by atoms with Gasteiger partial charge in [0.2, 0.25) is 0 Å². The highest BCUT2D eigenvalue weighted by molar-refractivity contribution is 5.87. The lowest BCUT2D eigenvalue weighted by Crippen LogP contribution is -2.21. The summed E-state index contributed by atoms with van der Waals surface area (Å²) in [5.41, 5.74) is 5.51. The Kier molecular flexibility index (Phi) is 5.44.